The largest absolute Gasteiger partial charge is 0.324 e. The predicted molar refractivity (Wildman–Crippen MR) is 60.3 cm³/mol. The SMILES string of the molecule is NC(c1ccc(F)cc1F)C1CCC(=O)CC1. The van der Waals surface area contributed by atoms with Crippen LogP contribution in [-0.4, -0.2) is 5.78 Å². The molecular formula is C13H15F2NO. The molecule has 1 aromatic rings. The molecule has 1 unspecified atom stereocenters. The first-order valence-corrected chi connectivity index (χ1v) is 5.80. The maximum atomic E-state index is 13.5. The molecule has 4 heteroatoms. The first kappa shape index (κ1) is 12.2. The summed E-state index contributed by atoms with van der Waals surface area (Å²) in [5.74, 6) is -0.854. The van der Waals surface area contributed by atoms with E-state index in [0.29, 0.717) is 31.2 Å². The van der Waals surface area contributed by atoms with Gasteiger partial charge >= 0.3 is 0 Å². The van der Waals surface area contributed by atoms with Gasteiger partial charge in [0, 0.05) is 30.5 Å². The highest BCUT2D eigenvalue weighted by atomic mass is 19.1. The van der Waals surface area contributed by atoms with Crippen molar-refractivity contribution in [2.45, 2.75) is 31.7 Å². The zero-order valence-corrected chi connectivity index (χ0v) is 9.46. The van der Waals surface area contributed by atoms with Crippen molar-refractivity contribution in [2.75, 3.05) is 0 Å². The second-order valence-corrected chi connectivity index (χ2v) is 4.57. The lowest BCUT2D eigenvalue weighted by Crippen LogP contribution is -2.26. The van der Waals surface area contributed by atoms with Crippen molar-refractivity contribution in [3.63, 3.8) is 0 Å². The molecule has 2 N–H and O–H groups in total. The van der Waals surface area contributed by atoms with Crippen LogP contribution in [0.5, 0.6) is 0 Å². The van der Waals surface area contributed by atoms with Gasteiger partial charge in [-0.25, -0.2) is 8.78 Å². The van der Waals surface area contributed by atoms with Crippen molar-refractivity contribution in [2.24, 2.45) is 11.7 Å². The van der Waals surface area contributed by atoms with Crippen LogP contribution in [0.2, 0.25) is 0 Å². The number of hydrogen-bond acceptors (Lipinski definition) is 2. The van der Waals surface area contributed by atoms with E-state index in [2.05, 4.69) is 0 Å². The van der Waals surface area contributed by atoms with E-state index in [4.69, 9.17) is 5.73 Å². The number of carbonyl (C=O) groups excluding carboxylic acids is 1. The summed E-state index contributed by atoms with van der Waals surface area (Å²) >= 11 is 0. The Kier molecular flexibility index (Phi) is 3.52. The molecule has 0 radical (unpaired) electrons. The molecule has 0 bridgehead atoms. The Labute approximate surface area is 98.8 Å². The molecule has 1 aliphatic carbocycles. The summed E-state index contributed by atoms with van der Waals surface area (Å²) in [5.41, 5.74) is 6.33. The summed E-state index contributed by atoms with van der Waals surface area (Å²) in [6, 6.07) is 3.00. The maximum absolute atomic E-state index is 13.5. The van der Waals surface area contributed by atoms with Gasteiger partial charge in [-0.1, -0.05) is 6.07 Å². The van der Waals surface area contributed by atoms with Crippen molar-refractivity contribution >= 4 is 5.78 Å². The summed E-state index contributed by atoms with van der Waals surface area (Å²) in [6.45, 7) is 0. The van der Waals surface area contributed by atoms with Gasteiger partial charge in [-0.05, 0) is 24.8 Å². The number of benzene rings is 1. The van der Waals surface area contributed by atoms with Gasteiger partial charge in [0.05, 0.1) is 0 Å². The Hall–Kier alpha value is -1.29. The molecule has 0 aromatic heterocycles. The van der Waals surface area contributed by atoms with E-state index in [1.807, 2.05) is 0 Å². The first-order chi connectivity index (χ1) is 8.08. The third-order valence-corrected chi connectivity index (χ3v) is 3.42. The monoisotopic (exact) mass is 239 g/mol. The minimum absolute atomic E-state index is 0.104. The molecule has 0 saturated heterocycles. The van der Waals surface area contributed by atoms with Crippen LogP contribution in [-0.2, 0) is 4.79 Å². The fourth-order valence-corrected chi connectivity index (χ4v) is 2.35. The topological polar surface area (TPSA) is 43.1 Å². The van der Waals surface area contributed by atoms with Crippen molar-refractivity contribution < 1.29 is 13.6 Å². The molecule has 0 spiro atoms. The van der Waals surface area contributed by atoms with E-state index in [9.17, 15) is 13.6 Å². The van der Waals surface area contributed by atoms with Crippen molar-refractivity contribution in [3.05, 3.63) is 35.4 Å². The van der Waals surface area contributed by atoms with E-state index in [1.165, 1.54) is 12.1 Å². The number of halogens is 2. The number of rotatable bonds is 2. The molecule has 2 nitrogen and oxygen atoms in total. The van der Waals surface area contributed by atoms with E-state index in [1.54, 1.807) is 0 Å². The van der Waals surface area contributed by atoms with Crippen LogP contribution >= 0.6 is 0 Å². The average molecular weight is 239 g/mol. The normalized spacial score (nSPS) is 19.4. The molecule has 1 aliphatic rings. The fourth-order valence-electron chi connectivity index (χ4n) is 2.35. The van der Waals surface area contributed by atoms with Gasteiger partial charge < -0.3 is 5.73 Å². The number of nitrogens with two attached hydrogens (primary N) is 1. The van der Waals surface area contributed by atoms with Gasteiger partial charge in [-0.15, -0.1) is 0 Å². The molecule has 92 valence electrons. The van der Waals surface area contributed by atoms with Crippen molar-refractivity contribution in [1.82, 2.24) is 0 Å². The molecule has 1 aromatic carbocycles. The Bertz CT molecular complexity index is 423. The zero-order chi connectivity index (χ0) is 12.4. The molecule has 17 heavy (non-hydrogen) atoms. The average Bonchev–Trinajstić information content (AvgIpc) is 2.29. The quantitative estimate of drug-likeness (QED) is 0.862. The second kappa shape index (κ2) is 4.92. The highest BCUT2D eigenvalue weighted by Gasteiger charge is 2.26. The third kappa shape index (κ3) is 2.69. The summed E-state index contributed by atoms with van der Waals surface area (Å²) in [5, 5.41) is 0. The number of ketones is 1. The predicted octanol–water partition coefficient (Wildman–Crippen LogP) is 2.72. The lowest BCUT2D eigenvalue weighted by atomic mass is 9.81. The van der Waals surface area contributed by atoms with Crippen LogP contribution in [0.25, 0.3) is 0 Å². The Morgan fingerprint density at radius 2 is 1.88 bits per heavy atom. The van der Waals surface area contributed by atoms with Crippen molar-refractivity contribution in [3.8, 4) is 0 Å². The van der Waals surface area contributed by atoms with E-state index < -0.39 is 17.7 Å². The van der Waals surface area contributed by atoms with Crippen LogP contribution < -0.4 is 5.73 Å². The lowest BCUT2D eigenvalue weighted by molar-refractivity contribution is -0.121. The highest BCUT2D eigenvalue weighted by Crippen LogP contribution is 2.32. The minimum Gasteiger partial charge on any atom is -0.324 e. The summed E-state index contributed by atoms with van der Waals surface area (Å²) < 4.78 is 26.3. The number of Topliss-reactive ketones (excluding diaryl/α,β-unsaturated/α-hetero) is 1. The van der Waals surface area contributed by atoms with Gasteiger partial charge in [0.2, 0.25) is 0 Å². The Morgan fingerprint density at radius 1 is 1.24 bits per heavy atom. The molecule has 2 rings (SSSR count). The fraction of sp³-hybridized carbons (Fsp3) is 0.462. The van der Waals surface area contributed by atoms with E-state index in [0.717, 1.165) is 6.07 Å². The molecule has 0 amide bonds. The van der Waals surface area contributed by atoms with Crippen LogP contribution in [0.15, 0.2) is 18.2 Å². The Balaban J connectivity index is 2.13. The van der Waals surface area contributed by atoms with Crippen LogP contribution in [0.4, 0.5) is 8.78 Å². The summed E-state index contributed by atoms with van der Waals surface area (Å²) in [7, 11) is 0. The third-order valence-electron chi connectivity index (χ3n) is 3.42. The van der Waals surface area contributed by atoms with Gasteiger partial charge in [-0.3, -0.25) is 4.79 Å². The maximum Gasteiger partial charge on any atom is 0.132 e. The van der Waals surface area contributed by atoms with Gasteiger partial charge in [0.1, 0.15) is 17.4 Å². The zero-order valence-electron chi connectivity index (χ0n) is 9.46. The van der Waals surface area contributed by atoms with E-state index >= 15 is 0 Å². The second-order valence-electron chi connectivity index (χ2n) is 4.57. The van der Waals surface area contributed by atoms with Crippen molar-refractivity contribution in [1.29, 1.82) is 0 Å². The molecule has 0 aliphatic heterocycles. The van der Waals surface area contributed by atoms with Gasteiger partial charge in [-0.2, -0.15) is 0 Å². The van der Waals surface area contributed by atoms with E-state index in [-0.39, 0.29) is 11.7 Å². The van der Waals surface area contributed by atoms with Crippen LogP contribution in [0.1, 0.15) is 37.3 Å². The standard InChI is InChI=1S/C13H15F2NO/c14-9-3-6-11(12(15)7-9)13(16)8-1-4-10(17)5-2-8/h3,6-8,13H,1-2,4-5,16H2. The van der Waals surface area contributed by atoms with Gasteiger partial charge in [0.15, 0.2) is 0 Å². The highest BCUT2D eigenvalue weighted by molar-refractivity contribution is 5.79. The molecule has 1 atom stereocenters. The smallest absolute Gasteiger partial charge is 0.132 e. The lowest BCUT2D eigenvalue weighted by Gasteiger charge is -2.27. The molecular weight excluding hydrogens is 224 g/mol. The summed E-state index contributed by atoms with van der Waals surface area (Å²) in [4.78, 5) is 11.1. The first-order valence-electron chi connectivity index (χ1n) is 5.80. The minimum atomic E-state index is -0.602. The molecule has 1 fully saturated rings. The number of hydrogen-bond donors (Lipinski definition) is 1. The van der Waals surface area contributed by atoms with Crippen LogP contribution in [0, 0.1) is 17.6 Å². The molecule has 1 saturated carbocycles. The summed E-state index contributed by atoms with van der Waals surface area (Å²) in [6.07, 6.45) is 2.41. The number of carbonyl (C=O) groups is 1. The molecule has 0 heterocycles. The van der Waals surface area contributed by atoms with Crippen LogP contribution in [0.3, 0.4) is 0 Å². The van der Waals surface area contributed by atoms with Gasteiger partial charge in [0.25, 0.3) is 0 Å². The Morgan fingerprint density at radius 3 is 2.47 bits per heavy atom.